The number of pyridine rings is 1. The standard InChI is InChI=1S/C16H11ClN2O/c17-13-6-11(7-14(18)8-13)16(20)12-5-10-3-1-2-4-15(10)19-9-12/h1-9H,18H2. The van der Waals surface area contributed by atoms with Gasteiger partial charge in [0.1, 0.15) is 0 Å². The molecule has 0 saturated carbocycles. The molecule has 0 aliphatic carbocycles. The van der Waals surface area contributed by atoms with Gasteiger partial charge in [0, 0.05) is 33.4 Å². The SMILES string of the molecule is Nc1cc(Cl)cc(C(=O)c2cnc3ccccc3c2)c1. The highest BCUT2D eigenvalue weighted by Gasteiger charge is 2.11. The minimum absolute atomic E-state index is 0.141. The zero-order valence-corrected chi connectivity index (χ0v) is 11.3. The molecule has 2 N–H and O–H groups in total. The first kappa shape index (κ1) is 12.6. The Labute approximate surface area is 121 Å². The summed E-state index contributed by atoms with van der Waals surface area (Å²) in [6, 6.07) is 14.3. The van der Waals surface area contributed by atoms with E-state index in [4.69, 9.17) is 17.3 Å². The maximum Gasteiger partial charge on any atom is 0.194 e. The number of benzene rings is 2. The highest BCUT2D eigenvalue weighted by atomic mass is 35.5. The summed E-state index contributed by atoms with van der Waals surface area (Å²) < 4.78 is 0. The van der Waals surface area contributed by atoms with Crippen LogP contribution in [0.15, 0.2) is 54.7 Å². The quantitative estimate of drug-likeness (QED) is 0.576. The van der Waals surface area contributed by atoms with Crippen LogP contribution in [-0.2, 0) is 0 Å². The molecule has 0 fully saturated rings. The van der Waals surface area contributed by atoms with Crippen LogP contribution in [-0.4, -0.2) is 10.8 Å². The molecular weight excluding hydrogens is 272 g/mol. The molecular formula is C16H11ClN2O. The second-order valence-electron chi connectivity index (χ2n) is 4.52. The fourth-order valence-corrected chi connectivity index (χ4v) is 2.35. The van der Waals surface area contributed by atoms with E-state index in [0.29, 0.717) is 21.8 Å². The fourth-order valence-electron chi connectivity index (χ4n) is 2.11. The number of nitrogens with two attached hydrogens (primary N) is 1. The third kappa shape index (κ3) is 2.36. The van der Waals surface area contributed by atoms with Crippen molar-refractivity contribution < 1.29 is 4.79 Å². The van der Waals surface area contributed by atoms with Crippen molar-refractivity contribution >= 4 is 34.0 Å². The molecule has 0 radical (unpaired) electrons. The van der Waals surface area contributed by atoms with E-state index in [1.807, 2.05) is 30.3 Å². The highest BCUT2D eigenvalue weighted by molar-refractivity contribution is 6.31. The summed E-state index contributed by atoms with van der Waals surface area (Å²) >= 11 is 5.93. The molecule has 0 aliphatic heterocycles. The smallest absolute Gasteiger partial charge is 0.194 e. The predicted molar refractivity (Wildman–Crippen MR) is 81.0 cm³/mol. The molecule has 0 atom stereocenters. The van der Waals surface area contributed by atoms with Gasteiger partial charge in [-0.2, -0.15) is 0 Å². The Kier molecular flexibility index (Phi) is 3.12. The van der Waals surface area contributed by atoms with Crippen molar-refractivity contribution in [3.05, 3.63) is 70.9 Å². The lowest BCUT2D eigenvalue weighted by atomic mass is 10.0. The number of nitrogens with zero attached hydrogens (tertiary/aromatic N) is 1. The molecule has 0 bridgehead atoms. The molecule has 4 heteroatoms. The molecule has 2 aromatic carbocycles. The van der Waals surface area contributed by atoms with E-state index in [2.05, 4.69) is 4.98 Å². The number of rotatable bonds is 2. The normalized spacial score (nSPS) is 10.7. The number of ketones is 1. The zero-order valence-electron chi connectivity index (χ0n) is 10.5. The highest BCUT2D eigenvalue weighted by Crippen LogP contribution is 2.20. The number of nitrogen functional groups attached to an aromatic ring is 1. The van der Waals surface area contributed by atoms with E-state index < -0.39 is 0 Å². The average Bonchev–Trinajstić information content (AvgIpc) is 2.45. The van der Waals surface area contributed by atoms with Gasteiger partial charge in [-0.25, -0.2) is 0 Å². The second-order valence-corrected chi connectivity index (χ2v) is 4.96. The van der Waals surface area contributed by atoms with Crippen LogP contribution in [0.25, 0.3) is 10.9 Å². The molecule has 0 saturated heterocycles. The van der Waals surface area contributed by atoms with Crippen LogP contribution in [0.2, 0.25) is 5.02 Å². The van der Waals surface area contributed by atoms with Gasteiger partial charge in [-0.1, -0.05) is 29.8 Å². The summed E-state index contributed by atoms with van der Waals surface area (Å²) in [6.07, 6.45) is 1.57. The average molecular weight is 283 g/mol. The van der Waals surface area contributed by atoms with Crippen LogP contribution in [0.5, 0.6) is 0 Å². The van der Waals surface area contributed by atoms with Gasteiger partial charge in [0.15, 0.2) is 5.78 Å². The number of hydrogen-bond donors (Lipinski definition) is 1. The van der Waals surface area contributed by atoms with E-state index in [1.54, 1.807) is 24.4 Å². The molecule has 3 aromatic rings. The lowest BCUT2D eigenvalue weighted by Gasteiger charge is -2.04. The molecule has 3 nitrogen and oxygen atoms in total. The number of para-hydroxylation sites is 1. The minimum Gasteiger partial charge on any atom is -0.399 e. The van der Waals surface area contributed by atoms with Crippen LogP contribution in [0.4, 0.5) is 5.69 Å². The molecule has 0 amide bonds. The number of aromatic nitrogens is 1. The van der Waals surface area contributed by atoms with Gasteiger partial charge in [0.25, 0.3) is 0 Å². The first-order valence-corrected chi connectivity index (χ1v) is 6.47. The zero-order chi connectivity index (χ0) is 14.1. The van der Waals surface area contributed by atoms with Crippen molar-refractivity contribution in [2.24, 2.45) is 0 Å². The summed E-state index contributed by atoms with van der Waals surface area (Å²) in [6.45, 7) is 0. The predicted octanol–water partition coefficient (Wildman–Crippen LogP) is 3.70. The molecule has 20 heavy (non-hydrogen) atoms. The number of halogens is 1. The van der Waals surface area contributed by atoms with E-state index >= 15 is 0 Å². The Morgan fingerprint density at radius 2 is 1.85 bits per heavy atom. The third-order valence-electron chi connectivity index (χ3n) is 3.03. The maximum atomic E-state index is 12.4. The number of carbonyl (C=O) groups excluding carboxylic acids is 1. The van der Waals surface area contributed by atoms with E-state index in [-0.39, 0.29) is 5.78 Å². The number of carbonyl (C=O) groups is 1. The van der Waals surface area contributed by atoms with Crippen LogP contribution < -0.4 is 5.73 Å². The number of fused-ring (bicyclic) bond motifs is 1. The Balaban J connectivity index is 2.07. The van der Waals surface area contributed by atoms with E-state index in [1.165, 1.54) is 0 Å². The Morgan fingerprint density at radius 3 is 2.65 bits per heavy atom. The van der Waals surface area contributed by atoms with E-state index in [9.17, 15) is 4.79 Å². The Bertz CT molecular complexity index is 794. The van der Waals surface area contributed by atoms with Gasteiger partial charge in [-0.3, -0.25) is 9.78 Å². The largest absolute Gasteiger partial charge is 0.399 e. The molecule has 0 unspecified atom stereocenters. The van der Waals surface area contributed by atoms with Crippen molar-refractivity contribution in [2.45, 2.75) is 0 Å². The monoisotopic (exact) mass is 282 g/mol. The molecule has 0 spiro atoms. The Hall–Kier alpha value is -2.39. The molecule has 1 heterocycles. The van der Waals surface area contributed by atoms with Crippen LogP contribution >= 0.6 is 11.6 Å². The summed E-state index contributed by atoms with van der Waals surface area (Å²) in [5, 5.41) is 1.37. The van der Waals surface area contributed by atoms with Gasteiger partial charge in [-0.05, 0) is 30.3 Å². The lowest BCUT2D eigenvalue weighted by molar-refractivity contribution is 0.103. The summed E-state index contributed by atoms with van der Waals surface area (Å²) in [5.74, 6) is -0.141. The van der Waals surface area contributed by atoms with E-state index in [0.717, 1.165) is 10.9 Å². The van der Waals surface area contributed by atoms with Crippen molar-refractivity contribution in [2.75, 3.05) is 5.73 Å². The van der Waals surface area contributed by atoms with Gasteiger partial charge in [-0.15, -0.1) is 0 Å². The first-order valence-electron chi connectivity index (χ1n) is 6.09. The van der Waals surface area contributed by atoms with Crippen molar-refractivity contribution in [1.82, 2.24) is 4.98 Å². The molecule has 1 aromatic heterocycles. The summed E-state index contributed by atoms with van der Waals surface area (Å²) in [4.78, 5) is 16.7. The molecule has 0 aliphatic rings. The summed E-state index contributed by atoms with van der Waals surface area (Å²) in [5.41, 5.74) is 8.02. The van der Waals surface area contributed by atoms with Crippen molar-refractivity contribution in [1.29, 1.82) is 0 Å². The van der Waals surface area contributed by atoms with Gasteiger partial charge in [0.2, 0.25) is 0 Å². The minimum atomic E-state index is -0.141. The Morgan fingerprint density at radius 1 is 1.05 bits per heavy atom. The van der Waals surface area contributed by atoms with Gasteiger partial charge >= 0.3 is 0 Å². The van der Waals surface area contributed by atoms with Gasteiger partial charge in [0.05, 0.1) is 5.52 Å². The third-order valence-corrected chi connectivity index (χ3v) is 3.25. The van der Waals surface area contributed by atoms with Crippen LogP contribution in [0.1, 0.15) is 15.9 Å². The number of anilines is 1. The second kappa shape index (κ2) is 4.94. The molecule has 98 valence electrons. The maximum absolute atomic E-state index is 12.4. The fraction of sp³-hybridized carbons (Fsp3) is 0. The van der Waals surface area contributed by atoms with Crippen LogP contribution in [0, 0.1) is 0 Å². The molecule has 3 rings (SSSR count). The first-order chi connectivity index (χ1) is 9.63. The lowest BCUT2D eigenvalue weighted by Crippen LogP contribution is -2.03. The van der Waals surface area contributed by atoms with Crippen molar-refractivity contribution in [3.8, 4) is 0 Å². The topological polar surface area (TPSA) is 56.0 Å². The van der Waals surface area contributed by atoms with Crippen LogP contribution in [0.3, 0.4) is 0 Å². The number of hydrogen-bond acceptors (Lipinski definition) is 3. The van der Waals surface area contributed by atoms with Crippen molar-refractivity contribution in [3.63, 3.8) is 0 Å². The summed E-state index contributed by atoms with van der Waals surface area (Å²) in [7, 11) is 0. The van der Waals surface area contributed by atoms with Gasteiger partial charge < -0.3 is 5.73 Å².